The summed E-state index contributed by atoms with van der Waals surface area (Å²) in [6.07, 6.45) is -9.35. The van der Waals surface area contributed by atoms with Gasteiger partial charge >= 0.3 is 18.2 Å². The maximum Gasteiger partial charge on any atom is 0.408 e. The van der Waals surface area contributed by atoms with Crippen molar-refractivity contribution in [3.05, 3.63) is 35.9 Å². The number of hydrogen-bond donors (Lipinski definition) is 3. The fraction of sp³-hybridized carbons (Fsp3) is 0.609. The first-order valence-corrected chi connectivity index (χ1v) is 10.8. The molecule has 198 valence electrons. The Morgan fingerprint density at radius 1 is 1.00 bits per heavy atom. The summed E-state index contributed by atoms with van der Waals surface area (Å²) in [5.41, 5.74) is -0.577. The van der Waals surface area contributed by atoms with Crippen molar-refractivity contribution in [3.8, 4) is 0 Å². The number of alkyl carbamates (subject to hydrolysis) is 1. The van der Waals surface area contributed by atoms with Gasteiger partial charge < -0.3 is 20.5 Å². The number of aliphatic hydroxyl groups is 1. The summed E-state index contributed by atoms with van der Waals surface area (Å²) in [4.78, 5) is 37.2. The number of nitrogens with one attached hydrogen (secondary N) is 2. The van der Waals surface area contributed by atoms with Crippen LogP contribution >= 0.6 is 0 Å². The van der Waals surface area contributed by atoms with Gasteiger partial charge in [0.05, 0.1) is 0 Å². The number of rotatable bonds is 10. The van der Waals surface area contributed by atoms with Gasteiger partial charge in [-0.05, 0) is 32.3 Å². The van der Waals surface area contributed by atoms with Gasteiger partial charge in [0.25, 0.3) is 5.91 Å². The van der Waals surface area contributed by atoms with Gasteiger partial charge in [-0.2, -0.15) is 22.0 Å². The van der Waals surface area contributed by atoms with Crippen LogP contribution in [-0.2, 0) is 14.3 Å². The Kier molecular flexibility index (Phi) is 10.2. The standard InChI is InChI=1S/C23H31F5N2O5/c1-13(2)15(18(32)23(27,28)19(33)29-12-22(24,25)26)11-16(31)17(14-9-7-6-8-10-14)30-20(34)35-21(3,4)5/h6-10,13,15,17-18,32H,11-12H2,1-5H3,(H,29,33)(H,30,34)/t15-,17-,18+/m0/s1. The third-order valence-electron chi connectivity index (χ3n) is 4.94. The molecule has 0 saturated heterocycles. The Bertz CT molecular complexity index is 869. The number of carbonyl (C=O) groups excluding carboxylic acids is 3. The number of amides is 2. The molecule has 0 heterocycles. The van der Waals surface area contributed by atoms with Crippen LogP contribution in [0.4, 0.5) is 26.7 Å². The molecule has 12 heteroatoms. The second-order valence-corrected chi connectivity index (χ2v) is 9.43. The lowest BCUT2D eigenvalue weighted by Gasteiger charge is -2.32. The highest BCUT2D eigenvalue weighted by Gasteiger charge is 2.51. The Hall–Kier alpha value is -2.76. The zero-order valence-electron chi connectivity index (χ0n) is 20.1. The number of alkyl halides is 5. The molecule has 1 aromatic carbocycles. The van der Waals surface area contributed by atoms with E-state index in [1.54, 1.807) is 39.0 Å². The van der Waals surface area contributed by atoms with Crippen LogP contribution in [0.25, 0.3) is 0 Å². The maximum absolute atomic E-state index is 14.5. The monoisotopic (exact) mass is 510 g/mol. The van der Waals surface area contributed by atoms with E-state index in [0.717, 1.165) is 5.32 Å². The normalized spacial score (nSPS) is 15.2. The van der Waals surface area contributed by atoms with Crippen LogP contribution in [0, 0.1) is 11.8 Å². The quantitative estimate of drug-likeness (QED) is 0.410. The van der Waals surface area contributed by atoms with E-state index in [2.05, 4.69) is 5.32 Å². The smallest absolute Gasteiger partial charge is 0.408 e. The lowest BCUT2D eigenvalue weighted by Crippen LogP contribution is -2.54. The molecular weight excluding hydrogens is 479 g/mol. The lowest BCUT2D eigenvalue weighted by atomic mass is 9.81. The number of benzene rings is 1. The van der Waals surface area contributed by atoms with Crippen LogP contribution in [0.3, 0.4) is 0 Å². The molecule has 0 aliphatic heterocycles. The van der Waals surface area contributed by atoms with Gasteiger partial charge in [-0.15, -0.1) is 0 Å². The number of hydrogen-bond acceptors (Lipinski definition) is 5. The van der Waals surface area contributed by atoms with Gasteiger partial charge in [0.1, 0.15) is 24.3 Å². The number of aliphatic hydroxyl groups excluding tert-OH is 1. The first-order chi connectivity index (χ1) is 15.8. The molecule has 2 amide bonds. The van der Waals surface area contributed by atoms with E-state index in [9.17, 15) is 41.4 Å². The molecule has 0 aromatic heterocycles. The summed E-state index contributed by atoms with van der Waals surface area (Å²) >= 11 is 0. The molecule has 0 spiro atoms. The molecule has 0 aliphatic rings. The van der Waals surface area contributed by atoms with E-state index in [1.807, 2.05) is 0 Å². The fourth-order valence-corrected chi connectivity index (χ4v) is 3.18. The summed E-state index contributed by atoms with van der Waals surface area (Å²) in [5, 5.41) is 13.7. The van der Waals surface area contributed by atoms with Crippen molar-refractivity contribution in [3.63, 3.8) is 0 Å². The third kappa shape index (κ3) is 9.79. The number of carbonyl (C=O) groups is 3. The van der Waals surface area contributed by atoms with Crippen molar-refractivity contribution in [1.82, 2.24) is 10.6 Å². The van der Waals surface area contributed by atoms with E-state index in [1.165, 1.54) is 26.0 Å². The third-order valence-corrected chi connectivity index (χ3v) is 4.94. The zero-order valence-corrected chi connectivity index (χ0v) is 20.1. The predicted octanol–water partition coefficient (Wildman–Crippen LogP) is 4.16. The molecule has 0 saturated carbocycles. The number of halogens is 5. The minimum Gasteiger partial charge on any atom is -0.444 e. The van der Waals surface area contributed by atoms with Gasteiger partial charge in [0, 0.05) is 12.3 Å². The number of ether oxygens (including phenoxy) is 1. The molecule has 1 rings (SSSR count). The van der Waals surface area contributed by atoms with E-state index in [0.29, 0.717) is 5.56 Å². The number of Topliss-reactive ketones (excluding diaryl/α,β-unsaturated/α-hetero) is 1. The van der Waals surface area contributed by atoms with Crippen LogP contribution in [0.2, 0.25) is 0 Å². The topological polar surface area (TPSA) is 105 Å². The molecule has 3 atom stereocenters. The van der Waals surface area contributed by atoms with Crippen LogP contribution in [0.15, 0.2) is 30.3 Å². The second-order valence-electron chi connectivity index (χ2n) is 9.43. The first kappa shape index (κ1) is 30.3. The Balaban J connectivity index is 3.14. The van der Waals surface area contributed by atoms with Crippen LogP contribution in [-0.4, -0.2) is 53.2 Å². The zero-order chi connectivity index (χ0) is 27.2. The van der Waals surface area contributed by atoms with E-state index in [4.69, 9.17) is 4.74 Å². The van der Waals surface area contributed by atoms with Gasteiger partial charge in [0.15, 0.2) is 5.78 Å². The summed E-state index contributed by atoms with van der Waals surface area (Å²) < 4.78 is 71.2. The molecule has 0 aliphatic carbocycles. The second kappa shape index (κ2) is 11.8. The Morgan fingerprint density at radius 3 is 2.00 bits per heavy atom. The fourth-order valence-electron chi connectivity index (χ4n) is 3.18. The molecule has 3 N–H and O–H groups in total. The largest absolute Gasteiger partial charge is 0.444 e. The lowest BCUT2D eigenvalue weighted by molar-refractivity contribution is -0.178. The van der Waals surface area contributed by atoms with Crippen LogP contribution in [0.5, 0.6) is 0 Å². The summed E-state index contributed by atoms with van der Waals surface area (Å²) in [6, 6.07) is 6.52. The molecule has 35 heavy (non-hydrogen) atoms. The van der Waals surface area contributed by atoms with E-state index < -0.39 is 72.4 Å². The highest BCUT2D eigenvalue weighted by atomic mass is 19.4. The highest BCUT2D eigenvalue weighted by Crippen LogP contribution is 2.33. The van der Waals surface area contributed by atoms with Crippen LogP contribution in [0.1, 0.15) is 52.6 Å². The van der Waals surface area contributed by atoms with Crippen molar-refractivity contribution >= 4 is 17.8 Å². The number of ketones is 1. The summed E-state index contributed by atoms with van der Waals surface area (Å²) in [7, 11) is 0. The minimum absolute atomic E-state index is 0.315. The van der Waals surface area contributed by atoms with Gasteiger partial charge in [-0.3, -0.25) is 9.59 Å². The van der Waals surface area contributed by atoms with Crippen LogP contribution < -0.4 is 10.6 Å². The summed E-state index contributed by atoms with van der Waals surface area (Å²) in [5.74, 6) is -10.0. The molecular formula is C23H31F5N2O5. The SMILES string of the molecule is CC(C)[C@H](CC(=O)[C@@H](NC(=O)OC(C)(C)C)c1ccccc1)[C@@H](O)C(F)(F)C(=O)NCC(F)(F)F. The van der Waals surface area contributed by atoms with Crippen molar-refractivity contribution in [2.75, 3.05) is 6.54 Å². The maximum atomic E-state index is 14.5. The molecule has 0 bridgehead atoms. The van der Waals surface area contributed by atoms with E-state index in [-0.39, 0.29) is 0 Å². The van der Waals surface area contributed by atoms with Gasteiger partial charge in [-0.25, -0.2) is 4.79 Å². The molecule has 7 nitrogen and oxygen atoms in total. The average molecular weight is 511 g/mol. The van der Waals surface area contributed by atoms with E-state index >= 15 is 0 Å². The summed E-state index contributed by atoms with van der Waals surface area (Å²) in [6.45, 7) is 5.61. The van der Waals surface area contributed by atoms with Crippen molar-refractivity contribution in [1.29, 1.82) is 0 Å². The average Bonchev–Trinajstić information content (AvgIpc) is 2.71. The molecule has 1 aromatic rings. The van der Waals surface area contributed by atoms with Crippen molar-refractivity contribution < 1.29 is 46.2 Å². The highest BCUT2D eigenvalue weighted by molar-refractivity contribution is 5.89. The first-order valence-electron chi connectivity index (χ1n) is 10.8. The Morgan fingerprint density at radius 2 is 1.54 bits per heavy atom. The van der Waals surface area contributed by atoms with Gasteiger partial charge in [-0.1, -0.05) is 44.2 Å². The molecule has 0 radical (unpaired) electrons. The Labute approximate surface area is 200 Å². The minimum atomic E-state index is -4.93. The van der Waals surface area contributed by atoms with Crippen molar-refractivity contribution in [2.24, 2.45) is 11.8 Å². The van der Waals surface area contributed by atoms with Gasteiger partial charge in [0.2, 0.25) is 0 Å². The molecule has 0 unspecified atom stereocenters. The van der Waals surface area contributed by atoms with Crippen molar-refractivity contribution in [2.45, 2.75) is 70.9 Å². The predicted molar refractivity (Wildman–Crippen MR) is 117 cm³/mol. The molecule has 0 fully saturated rings.